The lowest BCUT2D eigenvalue weighted by atomic mass is 10.0. The molecular formula is C23H32FIN4O3. The summed E-state index contributed by atoms with van der Waals surface area (Å²) < 4.78 is 24.1. The summed E-state index contributed by atoms with van der Waals surface area (Å²) in [5.74, 6) is 1.55. The Morgan fingerprint density at radius 2 is 1.91 bits per heavy atom. The molecule has 0 amide bonds. The van der Waals surface area contributed by atoms with Gasteiger partial charge in [-0.1, -0.05) is 6.07 Å². The smallest absolute Gasteiger partial charge is 0.191 e. The van der Waals surface area contributed by atoms with E-state index in [9.17, 15) is 9.50 Å². The fraction of sp³-hybridized carbons (Fsp3) is 0.435. The van der Waals surface area contributed by atoms with E-state index in [0.29, 0.717) is 24.3 Å². The van der Waals surface area contributed by atoms with Gasteiger partial charge in [-0.15, -0.1) is 24.0 Å². The molecule has 1 aliphatic rings. The zero-order valence-corrected chi connectivity index (χ0v) is 21.1. The third kappa shape index (κ3) is 7.13. The number of nitrogens with one attached hydrogen (secondary N) is 2. The van der Waals surface area contributed by atoms with E-state index >= 15 is 0 Å². The molecule has 3 N–H and O–H groups in total. The number of ether oxygens (including phenoxy) is 2. The number of piperidine rings is 1. The summed E-state index contributed by atoms with van der Waals surface area (Å²) in [6.07, 6.45) is 1.92. The summed E-state index contributed by atoms with van der Waals surface area (Å²) >= 11 is 0. The molecule has 0 spiro atoms. The largest absolute Gasteiger partial charge is 0.508 e. The fourth-order valence-corrected chi connectivity index (χ4v) is 3.70. The number of hydrogen-bond acceptors (Lipinski definition) is 5. The lowest BCUT2D eigenvalue weighted by Gasteiger charge is -2.33. The van der Waals surface area contributed by atoms with E-state index in [-0.39, 0.29) is 41.3 Å². The molecule has 2 aromatic carbocycles. The Hall–Kier alpha value is -2.27. The molecule has 176 valence electrons. The van der Waals surface area contributed by atoms with Crippen LogP contribution in [-0.4, -0.2) is 56.4 Å². The van der Waals surface area contributed by atoms with Gasteiger partial charge >= 0.3 is 0 Å². The van der Waals surface area contributed by atoms with Crippen LogP contribution in [-0.2, 0) is 13.1 Å². The van der Waals surface area contributed by atoms with E-state index in [2.05, 4.69) is 20.5 Å². The lowest BCUT2D eigenvalue weighted by Crippen LogP contribution is -2.48. The summed E-state index contributed by atoms with van der Waals surface area (Å²) in [5.41, 5.74) is 1.68. The number of phenols is 1. The number of aliphatic imine (C=N–C) groups is 1. The van der Waals surface area contributed by atoms with Crippen LogP contribution in [0.3, 0.4) is 0 Å². The van der Waals surface area contributed by atoms with Crippen LogP contribution in [0.15, 0.2) is 41.4 Å². The first-order valence-corrected chi connectivity index (χ1v) is 10.4. The third-order valence-electron chi connectivity index (χ3n) is 5.51. The second kappa shape index (κ2) is 12.7. The molecule has 2 aromatic rings. The number of halogens is 2. The van der Waals surface area contributed by atoms with Gasteiger partial charge < -0.3 is 25.2 Å². The van der Waals surface area contributed by atoms with Gasteiger partial charge in [0.2, 0.25) is 0 Å². The van der Waals surface area contributed by atoms with Gasteiger partial charge in [0.1, 0.15) is 11.5 Å². The zero-order chi connectivity index (χ0) is 22.2. The minimum Gasteiger partial charge on any atom is -0.508 e. The van der Waals surface area contributed by atoms with Crippen molar-refractivity contribution < 1.29 is 19.0 Å². The molecule has 7 nitrogen and oxygen atoms in total. The van der Waals surface area contributed by atoms with Crippen molar-refractivity contribution in [1.82, 2.24) is 15.5 Å². The molecule has 0 saturated carbocycles. The molecule has 32 heavy (non-hydrogen) atoms. The zero-order valence-electron chi connectivity index (χ0n) is 18.7. The number of nitrogens with zero attached hydrogens (tertiary/aromatic N) is 2. The first-order valence-electron chi connectivity index (χ1n) is 10.4. The van der Waals surface area contributed by atoms with E-state index in [1.807, 2.05) is 6.07 Å². The van der Waals surface area contributed by atoms with Crippen molar-refractivity contribution in [2.75, 3.05) is 34.4 Å². The number of benzene rings is 2. The van der Waals surface area contributed by atoms with Crippen molar-refractivity contribution in [2.24, 2.45) is 4.99 Å². The Bertz CT molecular complexity index is 905. The number of methoxy groups -OCH3 is 2. The SMILES string of the molecule is CN=C(NCc1cc(OC)ccc1O)NC1CCN(Cc2ccc(OC)c(F)c2)CC1.I. The molecule has 1 fully saturated rings. The first-order chi connectivity index (χ1) is 15.0. The minimum atomic E-state index is -0.325. The Morgan fingerprint density at radius 1 is 1.16 bits per heavy atom. The van der Waals surface area contributed by atoms with Crippen LogP contribution in [0.1, 0.15) is 24.0 Å². The number of guanidine groups is 1. The molecule has 3 rings (SSSR count). The number of likely N-dealkylation sites (tertiary alicyclic amines) is 1. The summed E-state index contributed by atoms with van der Waals surface area (Å²) in [6.45, 7) is 2.98. The van der Waals surface area contributed by atoms with Gasteiger partial charge in [0.25, 0.3) is 0 Å². The summed E-state index contributed by atoms with van der Waals surface area (Å²) in [4.78, 5) is 6.62. The quantitative estimate of drug-likeness (QED) is 0.275. The average molecular weight is 558 g/mol. The molecule has 0 radical (unpaired) electrons. The molecular weight excluding hydrogens is 526 g/mol. The summed E-state index contributed by atoms with van der Waals surface area (Å²) in [7, 11) is 4.80. The molecule has 0 aliphatic carbocycles. The summed E-state index contributed by atoms with van der Waals surface area (Å²) in [6, 6.07) is 10.6. The molecule has 1 heterocycles. The number of hydrogen-bond donors (Lipinski definition) is 3. The standard InChI is InChI=1S/C23H31FN4O3.HI/c1-25-23(26-14-17-13-19(30-2)5-6-21(17)29)27-18-8-10-28(11-9-18)15-16-4-7-22(31-3)20(24)12-16;/h4-7,12-13,18,29H,8-11,14-15H2,1-3H3,(H2,25,26,27);1H. The maximum atomic E-state index is 13.9. The maximum Gasteiger partial charge on any atom is 0.191 e. The fourth-order valence-electron chi connectivity index (χ4n) is 3.70. The van der Waals surface area contributed by atoms with Crippen LogP contribution in [0.4, 0.5) is 4.39 Å². The van der Waals surface area contributed by atoms with Crippen LogP contribution in [0.25, 0.3) is 0 Å². The third-order valence-corrected chi connectivity index (χ3v) is 5.51. The second-order valence-corrected chi connectivity index (χ2v) is 7.58. The number of aromatic hydroxyl groups is 1. The average Bonchev–Trinajstić information content (AvgIpc) is 2.79. The van der Waals surface area contributed by atoms with Gasteiger partial charge in [-0.3, -0.25) is 9.89 Å². The van der Waals surface area contributed by atoms with Crippen LogP contribution >= 0.6 is 24.0 Å². The Morgan fingerprint density at radius 3 is 2.53 bits per heavy atom. The highest BCUT2D eigenvalue weighted by molar-refractivity contribution is 14.0. The second-order valence-electron chi connectivity index (χ2n) is 7.58. The Kier molecular flexibility index (Phi) is 10.3. The molecule has 0 atom stereocenters. The molecule has 9 heteroatoms. The van der Waals surface area contributed by atoms with Crippen molar-refractivity contribution >= 4 is 29.9 Å². The molecule has 0 bridgehead atoms. The first kappa shape index (κ1) is 26.0. The predicted molar refractivity (Wildman–Crippen MR) is 135 cm³/mol. The van der Waals surface area contributed by atoms with Crippen LogP contribution in [0.5, 0.6) is 17.2 Å². The highest BCUT2D eigenvalue weighted by Crippen LogP contribution is 2.23. The van der Waals surface area contributed by atoms with E-state index in [4.69, 9.17) is 9.47 Å². The molecule has 0 aromatic heterocycles. The predicted octanol–water partition coefficient (Wildman–Crippen LogP) is 3.50. The van der Waals surface area contributed by atoms with Crippen LogP contribution in [0, 0.1) is 5.82 Å². The van der Waals surface area contributed by atoms with Gasteiger partial charge in [0, 0.05) is 44.8 Å². The monoisotopic (exact) mass is 558 g/mol. The van der Waals surface area contributed by atoms with Crippen molar-refractivity contribution in [3.8, 4) is 17.2 Å². The van der Waals surface area contributed by atoms with Gasteiger partial charge in [-0.05, 0) is 48.7 Å². The van der Waals surface area contributed by atoms with E-state index < -0.39 is 0 Å². The van der Waals surface area contributed by atoms with Gasteiger partial charge in [0.05, 0.1) is 14.2 Å². The summed E-state index contributed by atoms with van der Waals surface area (Å²) in [5, 5.41) is 16.7. The van der Waals surface area contributed by atoms with Gasteiger partial charge in [0.15, 0.2) is 17.5 Å². The highest BCUT2D eigenvalue weighted by atomic mass is 127. The normalized spacial score (nSPS) is 15.1. The minimum absolute atomic E-state index is 0. The van der Waals surface area contributed by atoms with E-state index in [1.165, 1.54) is 7.11 Å². The lowest BCUT2D eigenvalue weighted by molar-refractivity contribution is 0.198. The molecule has 0 unspecified atom stereocenters. The van der Waals surface area contributed by atoms with E-state index in [0.717, 1.165) is 43.6 Å². The van der Waals surface area contributed by atoms with Gasteiger partial charge in [-0.2, -0.15) is 0 Å². The Balaban J connectivity index is 0.00000363. The van der Waals surface area contributed by atoms with Gasteiger partial charge in [-0.25, -0.2) is 4.39 Å². The molecule has 1 aliphatic heterocycles. The van der Waals surface area contributed by atoms with Crippen molar-refractivity contribution in [1.29, 1.82) is 0 Å². The van der Waals surface area contributed by atoms with E-state index in [1.54, 1.807) is 44.5 Å². The van der Waals surface area contributed by atoms with Crippen molar-refractivity contribution in [3.05, 3.63) is 53.3 Å². The highest BCUT2D eigenvalue weighted by Gasteiger charge is 2.20. The molecule has 1 saturated heterocycles. The van der Waals surface area contributed by atoms with Crippen LogP contribution in [0.2, 0.25) is 0 Å². The Labute approximate surface area is 206 Å². The van der Waals surface area contributed by atoms with Crippen LogP contribution < -0.4 is 20.1 Å². The maximum absolute atomic E-state index is 13.9. The van der Waals surface area contributed by atoms with Crippen molar-refractivity contribution in [3.63, 3.8) is 0 Å². The topological polar surface area (TPSA) is 78.4 Å². The van der Waals surface area contributed by atoms with Crippen molar-refractivity contribution in [2.45, 2.75) is 32.0 Å². The number of phenolic OH excluding ortho intramolecular Hbond substituents is 1. The number of rotatable bonds is 7.